The average molecular weight is 442 g/mol. The molecular weight excluding hydrogens is 421 g/mol. The van der Waals surface area contributed by atoms with Crippen LogP contribution >= 0.6 is 0 Å². The molecule has 6 nitrogen and oxygen atoms in total. The van der Waals surface area contributed by atoms with Crippen LogP contribution in [0.3, 0.4) is 0 Å². The van der Waals surface area contributed by atoms with Crippen LogP contribution in [0.2, 0.25) is 0 Å². The molecule has 2 N–H and O–H groups in total. The number of rotatable bonds is 4. The van der Waals surface area contributed by atoms with E-state index < -0.39 is 17.6 Å². The van der Waals surface area contributed by atoms with E-state index in [4.69, 9.17) is 0 Å². The summed E-state index contributed by atoms with van der Waals surface area (Å²) in [5, 5.41) is 12.3. The quantitative estimate of drug-likeness (QED) is 0.627. The zero-order valence-electron chi connectivity index (χ0n) is 17.0. The molecule has 2 aromatic heterocycles. The van der Waals surface area contributed by atoms with Crippen LogP contribution in [0.1, 0.15) is 28.8 Å². The SMILES string of the molecule is O=C(Nc1cc(-c2ccnc(N3CCC(O)CC3)c2)ccn1)c1ccc(C(F)(F)F)cc1. The van der Waals surface area contributed by atoms with Crippen LogP contribution in [0.4, 0.5) is 24.8 Å². The molecule has 9 heteroatoms. The Morgan fingerprint density at radius 1 is 0.969 bits per heavy atom. The van der Waals surface area contributed by atoms with Gasteiger partial charge in [-0.1, -0.05) is 0 Å². The Morgan fingerprint density at radius 2 is 1.59 bits per heavy atom. The van der Waals surface area contributed by atoms with Crippen LogP contribution in [-0.4, -0.2) is 40.2 Å². The second-order valence-corrected chi connectivity index (χ2v) is 7.58. The highest BCUT2D eigenvalue weighted by atomic mass is 19.4. The Bertz CT molecular complexity index is 1090. The van der Waals surface area contributed by atoms with Gasteiger partial charge in [0.1, 0.15) is 11.6 Å². The molecule has 0 saturated carbocycles. The van der Waals surface area contributed by atoms with Gasteiger partial charge < -0.3 is 15.3 Å². The fourth-order valence-corrected chi connectivity index (χ4v) is 3.54. The van der Waals surface area contributed by atoms with E-state index in [0.717, 1.165) is 54.3 Å². The number of halogens is 3. The minimum absolute atomic E-state index is 0.101. The third-order valence-corrected chi connectivity index (χ3v) is 5.34. The first-order chi connectivity index (χ1) is 15.3. The van der Waals surface area contributed by atoms with Crippen molar-refractivity contribution in [2.45, 2.75) is 25.1 Å². The number of aliphatic hydroxyl groups excluding tert-OH is 1. The van der Waals surface area contributed by atoms with Gasteiger partial charge in [0.2, 0.25) is 0 Å². The molecule has 166 valence electrons. The van der Waals surface area contributed by atoms with Crippen molar-refractivity contribution < 1.29 is 23.1 Å². The Kier molecular flexibility index (Phi) is 6.09. The van der Waals surface area contributed by atoms with Gasteiger partial charge in [0, 0.05) is 31.0 Å². The van der Waals surface area contributed by atoms with Crippen LogP contribution in [0.25, 0.3) is 11.1 Å². The van der Waals surface area contributed by atoms with E-state index in [1.54, 1.807) is 24.5 Å². The average Bonchev–Trinajstić information content (AvgIpc) is 2.79. The van der Waals surface area contributed by atoms with Crippen molar-refractivity contribution in [1.82, 2.24) is 9.97 Å². The van der Waals surface area contributed by atoms with Crippen LogP contribution in [0, 0.1) is 0 Å². The first kappa shape index (κ1) is 21.8. The molecule has 1 fully saturated rings. The molecule has 1 aromatic carbocycles. The maximum Gasteiger partial charge on any atom is 0.416 e. The van der Waals surface area contributed by atoms with Crippen LogP contribution < -0.4 is 10.2 Å². The number of alkyl halides is 3. The molecule has 32 heavy (non-hydrogen) atoms. The second kappa shape index (κ2) is 8.96. The van der Waals surface area contributed by atoms with Gasteiger partial charge >= 0.3 is 6.18 Å². The van der Waals surface area contributed by atoms with Gasteiger partial charge in [0.25, 0.3) is 5.91 Å². The van der Waals surface area contributed by atoms with Crippen molar-refractivity contribution in [1.29, 1.82) is 0 Å². The Hall–Kier alpha value is -3.46. The molecule has 1 aliphatic rings. The zero-order valence-corrected chi connectivity index (χ0v) is 17.0. The number of anilines is 2. The molecular formula is C23H21F3N4O2. The van der Waals surface area contributed by atoms with E-state index in [9.17, 15) is 23.1 Å². The summed E-state index contributed by atoms with van der Waals surface area (Å²) in [7, 11) is 0. The summed E-state index contributed by atoms with van der Waals surface area (Å²) >= 11 is 0. The van der Waals surface area contributed by atoms with Gasteiger partial charge in [0.15, 0.2) is 0 Å². The molecule has 0 aliphatic carbocycles. The number of piperidine rings is 1. The Morgan fingerprint density at radius 3 is 2.25 bits per heavy atom. The van der Waals surface area contributed by atoms with E-state index in [-0.39, 0.29) is 17.5 Å². The number of hydrogen-bond donors (Lipinski definition) is 2. The topological polar surface area (TPSA) is 78.4 Å². The molecule has 4 rings (SSSR count). The van der Waals surface area contributed by atoms with Crippen molar-refractivity contribution in [2.75, 3.05) is 23.3 Å². The summed E-state index contributed by atoms with van der Waals surface area (Å²) in [6, 6.07) is 11.3. The number of benzene rings is 1. The standard InChI is InChI=1S/C23H21F3N4O2/c24-23(25,26)18-3-1-15(2-4-18)22(32)29-20-13-16(5-9-27-20)17-6-10-28-21(14-17)30-11-7-19(31)8-12-30/h1-6,9-10,13-14,19,31H,7-8,11-12H2,(H,27,29,32). The van der Waals surface area contributed by atoms with Crippen molar-refractivity contribution in [3.63, 3.8) is 0 Å². The number of carbonyl (C=O) groups excluding carboxylic acids is 1. The van der Waals surface area contributed by atoms with Crippen molar-refractivity contribution in [2.24, 2.45) is 0 Å². The largest absolute Gasteiger partial charge is 0.416 e. The monoisotopic (exact) mass is 442 g/mol. The van der Waals surface area contributed by atoms with Gasteiger partial charge in [0.05, 0.1) is 11.7 Å². The molecule has 1 aliphatic heterocycles. The summed E-state index contributed by atoms with van der Waals surface area (Å²) in [5.41, 5.74) is 0.978. The number of amides is 1. The maximum absolute atomic E-state index is 12.7. The minimum Gasteiger partial charge on any atom is -0.393 e. The van der Waals surface area contributed by atoms with Gasteiger partial charge in [-0.15, -0.1) is 0 Å². The molecule has 0 spiro atoms. The minimum atomic E-state index is -4.46. The third kappa shape index (κ3) is 5.05. The molecule has 1 saturated heterocycles. The lowest BCUT2D eigenvalue weighted by atomic mass is 10.1. The molecule has 1 amide bonds. The Balaban J connectivity index is 1.49. The van der Waals surface area contributed by atoms with Gasteiger partial charge in [-0.05, 0) is 72.5 Å². The van der Waals surface area contributed by atoms with E-state index in [1.165, 1.54) is 0 Å². The molecule has 0 unspecified atom stereocenters. The summed E-state index contributed by atoms with van der Waals surface area (Å²) in [6.07, 6.45) is -0.0817. The fourth-order valence-electron chi connectivity index (χ4n) is 3.54. The van der Waals surface area contributed by atoms with Crippen molar-refractivity contribution in [3.05, 3.63) is 72.1 Å². The smallest absolute Gasteiger partial charge is 0.393 e. The number of nitrogens with one attached hydrogen (secondary N) is 1. The second-order valence-electron chi connectivity index (χ2n) is 7.58. The first-order valence-corrected chi connectivity index (χ1v) is 10.1. The number of carbonyl (C=O) groups is 1. The summed E-state index contributed by atoms with van der Waals surface area (Å²) in [4.78, 5) is 23.1. The van der Waals surface area contributed by atoms with E-state index in [2.05, 4.69) is 20.2 Å². The van der Waals surface area contributed by atoms with Gasteiger partial charge in [-0.2, -0.15) is 13.2 Å². The summed E-state index contributed by atoms with van der Waals surface area (Å²) in [5.74, 6) is 0.541. The van der Waals surface area contributed by atoms with Crippen LogP contribution in [0.5, 0.6) is 0 Å². The maximum atomic E-state index is 12.7. The molecule has 3 heterocycles. The predicted molar refractivity (Wildman–Crippen MR) is 114 cm³/mol. The fraction of sp³-hybridized carbons (Fsp3) is 0.261. The molecule has 3 aromatic rings. The lowest BCUT2D eigenvalue weighted by Crippen LogP contribution is -2.36. The van der Waals surface area contributed by atoms with Gasteiger partial charge in [-0.3, -0.25) is 4.79 Å². The normalized spacial score (nSPS) is 14.9. The van der Waals surface area contributed by atoms with Crippen molar-refractivity contribution in [3.8, 4) is 11.1 Å². The zero-order chi connectivity index (χ0) is 22.7. The molecule has 0 radical (unpaired) electrons. The van der Waals surface area contributed by atoms with E-state index >= 15 is 0 Å². The van der Waals surface area contributed by atoms with Crippen LogP contribution in [-0.2, 0) is 6.18 Å². The highest BCUT2D eigenvalue weighted by Crippen LogP contribution is 2.29. The van der Waals surface area contributed by atoms with E-state index in [1.807, 2.05) is 12.1 Å². The first-order valence-electron chi connectivity index (χ1n) is 10.1. The lowest BCUT2D eigenvalue weighted by molar-refractivity contribution is -0.137. The summed E-state index contributed by atoms with van der Waals surface area (Å²) in [6.45, 7) is 1.45. The number of hydrogen-bond acceptors (Lipinski definition) is 5. The Labute approximate surface area is 182 Å². The predicted octanol–water partition coefficient (Wildman–Crippen LogP) is 4.38. The number of aliphatic hydroxyl groups is 1. The molecule has 0 atom stereocenters. The third-order valence-electron chi connectivity index (χ3n) is 5.34. The number of nitrogens with zero attached hydrogens (tertiary/aromatic N) is 3. The highest BCUT2D eigenvalue weighted by molar-refractivity contribution is 6.04. The highest BCUT2D eigenvalue weighted by Gasteiger charge is 2.30. The lowest BCUT2D eigenvalue weighted by Gasteiger charge is -2.30. The molecule has 0 bridgehead atoms. The van der Waals surface area contributed by atoms with Crippen molar-refractivity contribution >= 4 is 17.5 Å². The number of pyridine rings is 2. The van der Waals surface area contributed by atoms with Gasteiger partial charge in [-0.25, -0.2) is 9.97 Å². The number of aromatic nitrogens is 2. The summed E-state index contributed by atoms with van der Waals surface area (Å²) < 4.78 is 38.1. The van der Waals surface area contributed by atoms with E-state index in [0.29, 0.717) is 12.8 Å². The van der Waals surface area contributed by atoms with Crippen LogP contribution in [0.15, 0.2) is 60.9 Å².